The number of hydrogen-bond donors (Lipinski definition) is 1. The summed E-state index contributed by atoms with van der Waals surface area (Å²) in [6.45, 7) is 3.57. The lowest BCUT2D eigenvalue weighted by Gasteiger charge is -2.12. The Morgan fingerprint density at radius 2 is 2.08 bits per heavy atom. The van der Waals surface area contributed by atoms with Gasteiger partial charge in [-0.25, -0.2) is 8.78 Å². The third-order valence-corrected chi connectivity index (χ3v) is 4.50. The summed E-state index contributed by atoms with van der Waals surface area (Å²) in [6, 6.07) is 2.81. The molecule has 0 fully saturated rings. The van der Waals surface area contributed by atoms with Crippen molar-refractivity contribution in [2.75, 3.05) is 11.9 Å². The number of carbonyl (C=O) groups excluding carboxylic acids is 2. The van der Waals surface area contributed by atoms with Crippen LogP contribution < -0.4 is 5.32 Å². The highest BCUT2D eigenvalue weighted by Crippen LogP contribution is 2.23. The Labute approximate surface area is 153 Å². The number of thioether (sulfide) groups is 1. The molecule has 1 amide bonds. The van der Waals surface area contributed by atoms with Crippen molar-refractivity contribution in [3.63, 3.8) is 0 Å². The summed E-state index contributed by atoms with van der Waals surface area (Å²) in [6.07, 6.45) is -0.0347. The maximum Gasteiger partial charge on any atom is 0.313 e. The number of rotatable bonds is 7. The van der Waals surface area contributed by atoms with Crippen LogP contribution >= 0.6 is 11.8 Å². The Balaban J connectivity index is 2.01. The van der Waals surface area contributed by atoms with Gasteiger partial charge in [-0.3, -0.25) is 9.59 Å². The minimum Gasteiger partial charge on any atom is -0.466 e. The molecule has 0 saturated carbocycles. The van der Waals surface area contributed by atoms with Crippen LogP contribution in [0.1, 0.15) is 19.7 Å². The van der Waals surface area contributed by atoms with Crippen molar-refractivity contribution in [3.8, 4) is 0 Å². The van der Waals surface area contributed by atoms with Gasteiger partial charge in [0.2, 0.25) is 5.91 Å². The number of carbonyl (C=O) groups is 2. The largest absolute Gasteiger partial charge is 0.466 e. The van der Waals surface area contributed by atoms with E-state index in [0.29, 0.717) is 11.0 Å². The third-order valence-electron chi connectivity index (χ3n) is 3.37. The fourth-order valence-corrected chi connectivity index (χ4v) is 2.82. The molecule has 0 aliphatic heterocycles. The molecule has 140 valence electrons. The van der Waals surface area contributed by atoms with Crippen molar-refractivity contribution in [2.45, 2.75) is 30.7 Å². The number of anilines is 1. The van der Waals surface area contributed by atoms with Crippen molar-refractivity contribution >= 4 is 29.3 Å². The number of nitrogens with zero attached hydrogens (tertiary/aromatic N) is 3. The summed E-state index contributed by atoms with van der Waals surface area (Å²) in [7, 11) is 1.66. The number of aromatic nitrogens is 3. The minimum atomic E-state index is -0.729. The summed E-state index contributed by atoms with van der Waals surface area (Å²) in [4.78, 5) is 23.7. The highest BCUT2D eigenvalue weighted by Gasteiger charge is 2.21. The molecular weight excluding hydrogens is 366 g/mol. The fraction of sp³-hybridized carbons (Fsp3) is 0.375. The van der Waals surface area contributed by atoms with Gasteiger partial charge in [-0.2, -0.15) is 0 Å². The lowest BCUT2D eigenvalue weighted by Crippen LogP contribution is -2.23. The van der Waals surface area contributed by atoms with Gasteiger partial charge in [-0.05, 0) is 26.0 Å². The lowest BCUT2D eigenvalue weighted by atomic mass is 10.3. The molecule has 0 aliphatic carbocycles. The molecule has 1 aromatic heterocycles. The van der Waals surface area contributed by atoms with Crippen molar-refractivity contribution in [3.05, 3.63) is 35.7 Å². The number of ether oxygens (including phenoxy) is 1. The summed E-state index contributed by atoms with van der Waals surface area (Å²) in [5, 5.41) is 9.95. The van der Waals surface area contributed by atoms with Gasteiger partial charge in [0.15, 0.2) is 5.16 Å². The zero-order chi connectivity index (χ0) is 19.3. The van der Waals surface area contributed by atoms with Crippen molar-refractivity contribution in [2.24, 2.45) is 7.05 Å². The van der Waals surface area contributed by atoms with Crippen LogP contribution in [0.25, 0.3) is 0 Å². The topological polar surface area (TPSA) is 86.1 Å². The molecule has 0 spiro atoms. The van der Waals surface area contributed by atoms with Gasteiger partial charge in [0.1, 0.15) is 23.9 Å². The monoisotopic (exact) mass is 384 g/mol. The highest BCUT2D eigenvalue weighted by molar-refractivity contribution is 8.00. The van der Waals surface area contributed by atoms with Gasteiger partial charge >= 0.3 is 5.97 Å². The molecule has 1 N–H and O–H groups in total. The van der Waals surface area contributed by atoms with Crippen molar-refractivity contribution < 1.29 is 23.1 Å². The fourth-order valence-electron chi connectivity index (χ4n) is 1.98. The molecule has 2 aromatic rings. The van der Waals surface area contributed by atoms with Crippen LogP contribution in [0.2, 0.25) is 0 Å². The number of halogens is 2. The molecule has 7 nitrogen and oxygen atoms in total. The molecular formula is C16H18F2N4O3S. The van der Waals surface area contributed by atoms with Gasteiger partial charge in [0.05, 0.1) is 17.5 Å². The standard InChI is InChI=1S/C16H18F2N4O3S/c1-4-25-14(23)8-13-20-21-16(22(13)3)26-9(2)15(24)19-12-7-10(17)5-6-11(12)18/h5-7,9H,4,8H2,1-3H3,(H,19,24)/t9-/m1/s1. The smallest absolute Gasteiger partial charge is 0.313 e. The molecule has 0 aliphatic rings. The average molecular weight is 384 g/mol. The molecule has 2 rings (SSSR count). The van der Waals surface area contributed by atoms with Gasteiger partial charge < -0.3 is 14.6 Å². The summed E-state index contributed by atoms with van der Waals surface area (Å²) >= 11 is 1.08. The Kier molecular flexibility index (Phi) is 6.67. The van der Waals surface area contributed by atoms with E-state index in [1.54, 1.807) is 25.5 Å². The third kappa shape index (κ3) is 5.01. The lowest BCUT2D eigenvalue weighted by molar-refractivity contribution is -0.142. The summed E-state index contributed by atoms with van der Waals surface area (Å²) in [5.74, 6) is -1.93. The number of esters is 1. The highest BCUT2D eigenvalue weighted by atomic mass is 32.2. The van der Waals surface area contributed by atoms with Crippen molar-refractivity contribution in [1.82, 2.24) is 14.8 Å². The predicted octanol–water partition coefficient (Wildman–Crippen LogP) is 2.32. The Morgan fingerprint density at radius 3 is 2.77 bits per heavy atom. The van der Waals surface area contributed by atoms with E-state index >= 15 is 0 Å². The average Bonchev–Trinajstić information content (AvgIpc) is 2.91. The Bertz CT molecular complexity index is 813. The molecule has 0 unspecified atom stereocenters. The van der Waals surface area contributed by atoms with E-state index in [1.165, 1.54) is 0 Å². The van der Waals surface area contributed by atoms with Crippen molar-refractivity contribution in [1.29, 1.82) is 0 Å². The zero-order valence-corrected chi connectivity index (χ0v) is 15.3. The second kappa shape index (κ2) is 8.75. The molecule has 1 heterocycles. The summed E-state index contributed by atoms with van der Waals surface area (Å²) in [5.41, 5.74) is -0.233. The van der Waals surface area contributed by atoms with E-state index < -0.39 is 28.8 Å². The van der Waals surface area contributed by atoms with E-state index in [-0.39, 0.29) is 18.7 Å². The van der Waals surface area contributed by atoms with Gasteiger partial charge in [-0.1, -0.05) is 11.8 Å². The van der Waals surface area contributed by atoms with E-state index in [9.17, 15) is 18.4 Å². The molecule has 10 heteroatoms. The first-order valence-corrected chi connectivity index (χ1v) is 8.66. The van der Waals surface area contributed by atoms with Gasteiger partial charge in [0, 0.05) is 13.1 Å². The second-order valence-corrected chi connectivity index (χ2v) is 6.62. The first kappa shape index (κ1) is 19.8. The Hall–Kier alpha value is -2.49. The molecule has 1 aromatic carbocycles. The number of benzene rings is 1. The summed E-state index contributed by atoms with van der Waals surface area (Å²) < 4.78 is 33.2. The second-order valence-electron chi connectivity index (χ2n) is 5.31. The first-order valence-electron chi connectivity index (χ1n) is 7.78. The molecule has 1 atom stereocenters. The molecule has 26 heavy (non-hydrogen) atoms. The van der Waals surface area contributed by atoms with E-state index in [4.69, 9.17) is 4.74 Å². The quantitative estimate of drug-likeness (QED) is 0.582. The predicted molar refractivity (Wildman–Crippen MR) is 91.6 cm³/mol. The van der Waals surface area contributed by atoms with Crippen LogP contribution in [0, 0.1) is 11.6 Å². The molecule has 0 radical (unpaired) electrons. The van der Waals surface area contributed by atoms with Crippen LogP contribution in [0.15, 0.2) is 23.4 Å². The molecule has 0 saturated heterocycles. The zero-order valence-electron chi connectivity index (χ0n) is 14.5. The number of hydrogen-bond acceptors (Lipinski definition) is 6. The van der Waals surface area contributed by atoms with E-state index in [2.05, 4.69) is 15.5 Å². The minimum absolute atomic E-state index is 0.0347. The van der Waals surface area contributed by atoms with Gasteiger partial charge in [0.25, 0.3) is 0 Å². The van der Waals surface area contributed by atoms with Crippen LogP contribution in [0.4, 0.5) is 14.5 Å². The van der Waals surface area contributed by atoms with E-state index in [1.807, 2.05) is 0 Å². The van der Waals surface area contributed by atoms with Gasteiger partial charge in [-0.15, -0.1) is 10.2 Å². The number of nitrogens with one attached hydrogen (secondary N) is 1. The van der Waals surface area contributed by atoms with Crippen LogP contribution in [0.3, 0.4) is 0 Å². The van der Waals surface area contributed by atoms with Crippen LogP contribution in [-0.4, -0.2) is 38.5 Å². The molecule has 0 bridgehead atoms. The van der Waals surface area contributed by atoms with Crippen LogP contribution in [0.5, 0.6) is 0 Å². The Morgan fingerprint density at radius 1 is 1.35 bits per heavy atom. The first-order chi connectivity index (χ1) is 12.3. The van der Waals surface area contributed by atoms with Crippen LogP contribution in [-0.2, 0) is 27.8 Å². The SMILES string of the molecule is CCOC(=O)Cc1nnc(S[C@H](C)C(=O)Nc2cc(F)ccc2F)n1C. The normalized spacial score (nSPS) is 11.9. The number of amides is 1. The van der Waals surface area contributed by atoms with E-state index in [0.717, 1.165) is 30.0 Å². The maximum atomic E-state index is 13.6. The maximum absolute atomic E-state index is 13.6.